The fourth-order valence-corrected chi connectivity index (χ4v) is 2.76. The number of aromatic nitrogens is 1. The van der Waals surface area contributed by atoms with Crippen LogP contribution in [-0.2, 0) is 6.42 Å². The summed E-state index contributed by atoms with van der Waals surface area (Å²) in [6.45, 7) is 1.03. The first-order valence-electron chi connectivity index (χ1n) is 6.27. The van der Waals surface area contributed by atoms with Crippen molar-refractivity contribution in [3.63, 3.8) is 0 Å². The number of rotatable bonds is 1. The van der Waals surface area contributed by atoms with Gasteiger partial charge in [-0.3, -0.25) is 0 Å². The molecule has 1 N–H and O–H groups in total. The summed E-state index contributed by atoms with van der Waals surface area (Å²) in [5.41, 5.74) is 3.97. The van der Waals surface area contributed by atoms with Gasteiger partial charge in [0.2, 0.25) is 0 Å². The molecule has 0 bridgehead atoms. The lowest BCUT2D eigenvalue weighted by molar-refractivity contribution is 0.609. The molecule has 1 aliphatic rings. The van der Waals surface area contributed by atoms with E-state index in [9.17, 15) is 0 Å². The zero-order valence-corrected chi connectivity index (χ0v) is 10.8. The van der Waals surface area contributed by atoms with Gasteiger partial charge in [0.05, 0.1) is 6.04 Å². The molecule has 0 saturated heterocycles. The highest BCUT2D eigenvalue weighted by Gasteiger charge is 2.19. The number of pyridine rings is 1. The standard InChI is InChI=1S/C15H15ClN2/c16-14-10-12(7-9-17-14)15-13-6-2-1-4-11(13)5-3-8-18-15/h1-2,4,6-7,9-10,15,18H,3,5,8H2. The molecular weight excluding hydrogens is 244 g/mol. The molecule has 1 aliphatic heterocycles. The highest BCUT2D eigenvalue weighted by molar-refractivity contribution is 6.29. The maximum Gasteiger partial charge on any atom is 0.129 e. The van der Waals surface area contributed by atoms with Gasteiger partial charge in [-0.2, -0.15) is 0 Å². The van der Waals surface area contributed by atoms with Crippen LogP contribution in [0.15, 0.2) is 42.6 Å². The van der Waals surface area contributed by atoms with Gasteiger partial charge in [0.25, 0.3) is 0 Å². The molecule has 0 saturated carbocycles. The molecule has 2 aromatic rings. The van der Waals surface area contributed by atoms with E-state index >= 15 is 0 Å². The normalized spacial score (nSPS) is 19.1. The van der Waals surface area contributed by atoms with Gasteiger partial charge in [-0.15, -0.1) is 0 Å². The van der Waals surface area contributed by atoms with Gasteiger partial charge in [-0.05, 0) is 48.2 Å². The van der Waals surface area contributed by atoms with E-state index in [2.05, 4.69) is 34.6 Å². The van der Waals surface area contributed by atoms with Crippen LogP contribution in [0.5, 0.6) is 0 Å². The molecule has 0 spiro atoms. The molecule has 18 heavy (non-hydrogen) atoms. The topological polar surface area (TPSA) is 24.9 Å². The first-order chi connectivity index (χ1) is 8.84. The molecule has 0 fully saturated rings. The van der Waals surface area contributed by atoms with Crippen LogP contribution in [0.4, 0.5) is 0 Å². The van der Waals surface area contributed by atoms with Crippen molar-refractivity contribution in [2.75, 3.05) is 6.54 Å². The zero-order chi connectivity index (χ0) is 12.4. The minimum absolute atomic E-state index is 0.226. The van der Waals surface area contributed by atoms with Gasteiger partial charge in [0, 0.05) is 6.20 Å². The summed E-state index contributed by atoms with van der Waals surface area (Å²) < 4.78 is 0. The average molecular weight is 259 g/mol. The maximum atomic E-state index is 5.99. The zero-order valence-electron chi connectivity index (χ0n) is 10.1. The molecule has 1 aromatic heterocycles. The lowest BCUT2D eigenvalue weighted by atomic mass is 9.95. The Kier molecular flexibility index (Phi) is 3.31. The lowest BCUT2D eigenvalue weighted by Crippen LogP contribution is -2.22. The highest BCUT2D eigenvalue weighted by atomic mass is 35.5. The highest BCUT2D eigenvalue weighted by Crippen LogP contribution is 2.28. The van der Waals surface area contributed by atoms with E-state index in [-0.39, 0.29) is 6.04 Å². The van der Waals surface area contributed by atoms with Crippen molar-refractivity contribution < 1.29 is 0 Å². The Morgan fingerprint density at radius 3 is 3.00 bits per heavy atom. The predicted molar refractivity (Wildman–Crippen MR) is 73.9 cm³/mol. The van der Waals surface area contributed by atoms with E-state index in [0.29, 0.717) is 5.15 Å². The van der Waals surface area contributed by atoms with Crippen molar-refractivity contribution in [1.82, 2.24) is 10.3 Å². The smallest absolute Gasteiger partial charge is 0.129 e. The number of fused-ring (bicyclic) bond motifs is 1. The van der Waals surface area contributed by atoms with E-state index in [1.807, 2.05) is 12.1 Å². The van der Waals surface area contributed by atoms with E-state index in [1.165, 1.54) is 23.1 Å². The first kappa shape index (κ1) is 11.7. The molecule has 3 rings (SSSR count). The first-order valence-corrected chi connectivity index (χ1v) is 6.65. The van der Waals surface area contributed by atoms with Gasteiger partial charge in [-0.25, -0.2) is 4.98 Å². The van der Waals surface area contributed by atoms with Gasteiger partial charge < -0.3 is 5.32 Å². The third-order valence-corrected chi connectivity index (χ3v) is 3.63. The summed E-state index contributed by atoms with van der Waals surface area (Å²) in [5, 5.41) is 4.15. The monoisotopic (exact) mass is 258 g/mol. The van der Waals surface area contributed by atoms with Crippen LogP contribution in [0.2, 0.25) is 5.15 Å². The molecular formula is C15H15ClN2. The molecule has 1 unspecified atom stereocenters. The molecule has 0 amide bonds. The number of aryl methyl sites for hydroxylation is 1. The summed E-state index contributed by atoms with van der Waals surface area (Å²) in [6, 6.07) is 12.8. The number of nitrogens with zero attached hydrogens (tertiary/aromatic N) is 1. The van der Waals surface area contributed by atoms with Crippen LogP contribution in [0.1, 0.15) is 29.2 Å². The maximum absolute atomic E-state index is 5.99. The van der Waals surface area contributed by atoms with Crippen molar-refractivity contribution in [2.24, 2.45) is 0 Å². The van der Waals surface area contributed by atoms with Crippen LogP contribution in [-0.4, -0.2) is 11.5 Å². The molecule has 92 valence electrons. The molecule has 0 aliphatic carbocycles. The Morgan fingerprint density at radius 1 is 1.22 bits per heavy atom. The fourth-order valence-electron chi connectivity index (χ4n) is 2.57. The van der Waals surface area contributed by atoms with Gasteiger partial charge in [0.15, 0.2) is 0 Å². The van der Waals surface area contributed by atoms with Crippen molar-refractivity contribution >= 4 is 11.6 Å². The van der Waals surface area contributed by atoms with Crippen LogP contribution >= 0.6 is 11.6 Å². The number of nitrogens with one attached hydrogen (secondary N) is 1. The minimum Gasteiger partial charge on any atom is -0.306 e. The molecule has 2 heterocycles. The quantitative estimate of drug-likeness (QED) is 0.794. The number of hydrogen-bond donors (Lipinski definition) is 1. The number of hydrogen-bond acceptors (Lipinski definition) is 2. The van der Waals surface area contributed by atoms with Crippen LogP contribution in [0.25, 0.3) is 0 Å². The second-order valence-electron chi connectivity index (χ2n) is 4.60. The fraction of sp³-hybridized carbons (Fsp3) is 0.267. The van der Waals surface area contributed by atoms with Crippen molar-refractivity contribution in [3.8, 4) is 0 Å². The molecule has 0 radical (unpaired) electrons. The molecule has 1 aromatic carbocycles. The minimum atomic E-state index is 0.226. The summed E-state index contributed by atoms with van der Waals surface area (Å²) in [6.07, 6.45) is 4.08. The second kappa shape index (κ2) is 5.09. The summed E-state index contributed by atoms with van der Waals surface area (Å²) in [5.74, 6) is 0. The summed E-state index contributed by atoms with van der Waals surface area (Å²) in [4.78, 5) is 4.05. The van der Waals surface area contributed by atoms with Crippen LogP contribution in [0.3, 0.4) is 0 Å². The van der Waals surface area contributed by atoms with Crippen molar-refractivity contribution in [3.05, 3.63) is 64.4 Å². The van der Waals surface area contributed by atoms with E-state index < -0.39 is 0 Å². The predicted octanol–water partition coefficient (Wildman–Crippen LogP) is 3.36. The van der Waals surface area contributed by atoms with Crippen molar-refractivity contribution in [1.29, 1.82) is 0 Å². The SMILES string of the molecule is Clc1cc(C2NCCCc3ccccc32)ccn1. The van der Waals surface area contributed by atoms with Gasteiger partial charge >= 0.3 is 0 Å². The van der Waals surface area contributed by atoms with Crippen LogP contribution in [0, 0.1) is 0 Å². The van der Waals surface area contributed by atoms with E-state index in [1.54, 1.807) is 6.20 Å². The number of benzene rings is 1. The lowest BCUT2D eigenvalue weighted by Gasteiger charge is -2.19. The van der Waals surface area contributed by atoms with Crippen molar-refractivity contribution in [2.45, 2.75) is 18.9 Å². The largest absolute Gasteiger partial charge is 0.306 e. The summed E-state index contributed by atoms with van der Waals surface area (Å²) in [7, 11) is 0. The Labute approximate surface area is 112 Å². The average Bonchev–Trinajstić information content (AvgIpc) is 2.61. The molecule has 2 nitrogen and oxygen atoms in total. The van der Waals surface area contributed by atoms with Gasteiger partial charge in [0.1, 0.15) is 5.15 Å². The second-order valence-corrected chi connectivity index (χ2v) is 4.99. The number of halogens is 1. The Balaban J connectivity index is 2.06. The third kappa shape index (κ3) is 2.26. The third-order valence-electron chi connectivity index (χ3n) is 3.42. The van der Waals surface area contributed by atoms with Crippen LogP contribution < -0.4 is 5.32 Å². The Morgan fingerprint density at radius 2 is 2.11 bits per heavy atom. The Hall–Kier alpha value is -1.38. The Bertz CT molecular complexity index is 554. The van der Waals surface area contributed by atoms with Gasteiger partial charge in [-0.1, -0.05) is 35.9 Å². The molecule has 3 heteroatoms. The molecule has 1 atom stereocenters. The summed E-state index contributed by atoms with van der Waals surface area (Å²) >= 11 is 5.99. The van der Waals surface area contributed by atoms with E-state index in [4.69, 9.17) is 11.6 Å². The van der Waals surface area contributed by atoms with E-state index in [0.717, 1.165) is 13.0 Å².